The number of benzene rings is 3. The molecule has 8 nitrogen and oxygen atoms in total. The van der Waals surface area contributed by atoms with Gasteiger partial charge in [-0.2, -0.15) is 0 Å². The first-order chi connectivity index (χ1) is 16.0. The molecule has 0 saturated carbocycles. The van der Waals surface area contributed by atoms with E-state index in [-0.39, 0.29) is 5.69 Å². The minimum absolute atomic E-state index is 0.100. The Morgan fingerprint density at radius 1 is 1.12 bits per heavy atom. The second-order valence-electron chi connectivity index (χ2n) is 7.24. The average Bonchev–Trinajstić information content (AvgIpc) is 3.31. The Balaban J connectivity index is 1.61. The van der Waals surface area contributed by atoms with Gasteiger partial charge in [0, 0.05) is 23.3 Å². The van der Waals surface area contributed by atoms with Crippen LogP contribution in [0.1, 0.15) is 22.8 Å². The number of aromatic nitrogens is 1. The molecule has 0 aliphatic rings. The van der Waals surface area contributed by atoms with Crippen LogP contribution in [0.25, 0.3) is 22.8 Å². The van der Waals surface area contributed by atoms with Crippen LogP contribution in [0.4, 0.5) is 11.4 Å². The first-order valence-corrected chi connectivity index (χ1v) is 10.3. The van der Waals surface area contributed by atoms with Crippen LogP contribution in [0.15, 0.2) is 77.3 Å². The summed E-state index contributed by atoms with van der Waals surface area (Å²) in [6, 6.07) is 18.7. The van der Waals surface area contributed by atoms with Crippen LogP contribution in [-0.4, -0.2) is 22.4 Å². The molecule has 166 valence electrons. The molecule has 0 aliphatic heterocycles. The number of nitrogens with zero attached hydrogens (tertiary/aromatic N) is 2. The molecule has 0 aliphatic carbocycles. The van der Waals surface area contributed by atoms with Crippen molar-refractivity contribution >= 4 is 17.3 Å². The molecular weight excluding hydrogens is 422 g/mol. The number of nitro groups is 1. The summed E-state index contributed by atoms with van der Waals surface area (Å²) in [5.74, 6) is 1.19. The van der Waals surface area contributed by atoms with Crippen LogP contribution in [0, 0.1) is 17.0 Å². The first-order valence-electron chi connectivity index (χ1n) is 10.3. The van der Waals surface area contributed by atoms with Crippen LogP contribution in [-0.2, 0) is 0 Å². The first kappa shape index (κ1) is 21.8. The Morgan fingerprint density at radius 3 is 2.61 bits per heavy atom. The van der Waals surface area contributed by atoms with Crippen LogP contribution >= 0.6 is 0 Å². The number of nitrogens with one attached hydrogen (secondary N) is 1. The van der Waals surface area contributed by atoms with Gasteiger partial charge in [0.1, 0.15) is 5.75 Å². The van der Waals surface area contributed by atoms with E-state index in [2.05, 4.69) is 10.3 Å². The molecule has 0 spiro atoms. The van der Waals surface area contributed by atoms with E-state index in [0.29, 0.717) is 40.6 Å². The van der Waals surface area contributed by atoms with Gasteiger partial charge in [0.25, 0.3) is 11.6 Å². The molecule has 3 aromatic carbocycles. The fourth-order valence-electron chi connectivity index (χ4n) is 3.33. The van der Waals surface area contributed by atoms with Gasteiger partial charge in [-0.15, -0.1) is 0 Å². The predicted octanol–water partition coefficient (Wildman–Crippen LogP) is 5.88. The van der Waals surface area contributed by atoms with E-state index in [1.165, 1.54) is 12.1 Å². The standard InChI is InChI=1S/C25H21N3O5/c1-3-32-19-12-9-17(10-13-19)23-15-26-25(33-23)21-7-5-4-6-20(21)24(29)27-22-14-18(28(30)31)11-8-16(22)2/h4-15H,3H2,1-2H3,(H,27,29). The summed E-state index contributed by atoms with van der Waals surface area (Å²) in [6.07, 6.45) is 1.60. The number of hydrogen-bond donors (Lipinski definition) is 1. The second-order valence-corrected chi connectivity index (χ2v) is 7.24. The van der Waals surface area contributed by atoms with Crippen LogP contribution in [0.2, 0.25) is 0 Å². The lowest BCUT2D eigenvalue weighted by molar-refractivity contribution is -0.384. The lowest BCUT2D eigenvalue weighted by atomic mass is 10.1. The zero-order valence-electron chi connectivity index (χ0n) is 18.1. The number of ether oxygens (including phenoxy) is 1. The van der Waals surface area contributed by atoms with E-state index in [4.69, 9.17) is 9.15 Å². The SMILES string of the molecule is CCOc1ccc(-c2cnc(-c3ccccc3C(=O)Nc3cc([N+](=O)[O-])ccc3C)o2)cc1. The molecule has 0 unspecified atom stereocenters. The molecular formula is C25H21N3O5. The average molecular weight is 443 g/mol. The largest absolute Gasteiger partial charge is 0.494 e. The highest BCUT2D eigenvalue weighted by atomic mass is 16.6. The molecule has 1 N–H and O–H groups in total. The molecule has 33 heavy (non-hydrogen) atoms. The minimum Gasteiger partial charge on any atom is -0.494 e. The smallest absolute Gasteiger partial charge is 0.271 e. The monoisotopic (exact) mass is 443 g/mol. The summed E-state index contributed by atoms with van der Waals surface area (Å²) in [5, 5.41) is 13.9. The van der Waals surface area contributed by atoms with Crippen LogP contribution in [0.5, 0.6) is 5.75 Å². The van der Waals surface area contributed by atoms with Crippen molar-refractivity contribution in [3.8, 4) is 28.5 Å². The maximum Gasteiger partial charge on any atom is 0.271 e. The summed E-state index contributed by atoms with van der Waals surface area (Å²) in [6.45, 7) is 4.27. The summed E-state index contributed by atoms with van der Waals surface area (Å²) >= 11 is 0. The van der Waals surface area contributed by atoms with Crippen LogP contribution < -0.4 is 10.1 Å². The van der Waals surface area contributed by atoms with E-state index < -0.39 is 10.8 Å². The van der Waals surface area contributed by atoms with Gasteiger partial charge >= 0.3 is 0 Å². The Morgan fingerprint density at radius 2 is 1.88 bits per heavy atom. The molecule has 1 heterocycles. The number of anilines is 1. The lowest BCUT2D eigenvalue weighted by Gasteiger charge is -2.10. The third-order valence-electron chi connectivity index (χ3n) is 5.04. The number of rotatable bonds is 7. The van der Waals surface area contributed by atoms with E-state index >= 15 is 0 Å². The van der Waals surface area contributed by atoms with E-state index in [0.717, 1.165) is 11.3 Å². The molecule has 0 radical (unpaired) electrons. The van der Waals surface area contributed by atoms with Gasteiger partial charge in [-0.05, 0) is 55.8 Å². The quantitative estimate of drug-likeness (QED) is 0.282. The minimum atomic E-state index is -0.502. The van der Waals surface area contributed by atoms with Gasteiger partial charge in [-0.25, -0.2) is 4.98 Å². The highest BCUT2D eigenvalue weighted by Gasteiger charge is 2.19. The summed E-state index contributed by atoms with van der Waals surface area (Å²) in [5.41, 5.74) is 2.65. The predicted molar refractivity (Wildman–Crippen MR) is 124 cm³/mol. The number of hydrogen-bond acceptors (Lipinski definition) is 6. The van der Waals surface area contributed by atoms with Crippen LogP contribution in [0.3, 0.4) is 0 Å². The summed E-state index contributed by atoms with van der Waals surface area (Å²) in [4.78, 5) is 28.0. The zero-order valence-corrected chi connectivity index (χ0v) is 18.1. The van der Waals surface area contributed by atoms with E-state index in [1.807, 2.05) is 31.2 Å². The van der Waals surface area contributed by atoms with E-state index in [1.54, 1.807) is 43.5 Å². The number of carbonyl (C=O) groups excluding carboxylic acids is 1. The van der Waals surface area contributed by atoms with Gasteiger partial charge in [-0.1, -0.05) is 18.2 Å². The van der Waals surface area contributed by atoms with Gasteiger partial charge in [0.15, 0.2) is 5.76 Å². The van der Waals surface area contributed by atoms with Gasteiger partial charge in [-0.3, -0.25) is 14.9 Å². The van der Waals surface area contributed by atoms with Crippen molar-refractivity contribution in [1.82, 2.24) is 4.98 Å². The van der Waals surface area contributed by atoms with Gasteiger partial charge < -0.3 is 14.5 Å². The molecule has 0 atom stereocenters. The normalized spacial score (nSPS) is 10.6. The molecule has 8 heteroatoms. The highest BCUT2D eigenvalue weighted by Crippen LogP contribution is 2.30. The number of carbonyl (C=O) groups is 1. The highest BCUT2D eigenvalue weighted by molar-refractivity contribution is 6.08. The maximum absolute atomic E-state index is 13.1. The summed E-state index contributed by atoms with van der Waals surface area (Å²) < 4.78 is 11.4. The topological polar surface area (TPSA) is 108 Å². The molecule has 0 bridgehead atoms. The number of aryl methyl sites for hydroxylation is 1. The van der Waals surface area contributed by atoms with Crippen molar-refractivity contribution in [3.05, 3.63) is 94.2 Å². The molecule has 0 saturated heterocycles. The van der Waals surface area contributed by atoms with E-state index in [9.17, 15) is 14.9 Å². The number of amides is 1. The number of oxazole rings is 1. The Labute approximate surface area is 190 Å². The van der Waals surface area contributed by atoms with Crippen molar-refractivity contribution < 1.29 is 18.9 Å². The second kappa shape index (κ2) is 9.35. The molecule has 1 aromatic heterocycles. The van der Waals surface area contributed by atoms with Crippen molar-refractivity contribution in [2.45, 2.75) is 13.8 Å². The van der Waals surface area contributed by atoms with Gasteiger partial charge in [0.2, 0.25) is 5.89 Å². The zero-order chi connectivity index (χ0) is 23.4. The third kappa shape index (κ3) is 4.74. The van der Waals surface area contributed by atoms with Gasteiger partial charge in [0.05, 0.1) is 29.0 Å². The molecule has 4 aromatic rings. The number of non-ortho nitro benzene ring substituents is 1. The maximum atomic E-state index is 13.1. The van der Waals surface area contributed by atoms with Crippen molar-refractivity contribution in [1.29, 1.82) is 0 Å². The third-order valence-corrected chi connectivity index (χ3v) is 5.04. The Kier molecular flexibility index (Phi) is 6.17. The van der Waals surface area contributed by atoms with Crippen molar-refractivity contribution in [3.63, 3.8) is 0 Å². The Bertz CT molecular complexity index is 1310. The van der Waals surface area contributed by atoms with Crippen molar-refractivity contribution in [2.75, 3.05) is 11.9 Å². The fraction of sp³-hybridized carbons (Fsp3) is 0.120. The summed E-state index contributed by atoms with van der Waals surface area (Å²) in [7, 11) is 0. The lowest BCUT2D eigenvalue weighted by Crippen LogP contribution is -2.14. The molecule has 1 amide bonds. The fourth-order valence-corrected chi connectivity index (χ4v) is 3.33. The Hall–Kier alpha value is -4.46. The molecule has 0 fully saturated rings. The molecule has 4 rings (SSSR count). The number of nitro benzene ring substituents is 1. The van der Waals surface area contributed by atoms with Crippen molar-refractivity contribution in [2.24, 2.45) is 0 Å².